The Bertz CT molecular complexity index is 498. The molecule has 0 unspecified atom stereocenters. The summed E-state index contributed by atoms with van der Waals surface area (Å²) in [6, 6.07) is 0. The average Bonchev–Trinajstić information content (AvgIpc) is 2.38. The molecule has 4 nitrogen and oxygen atoms in total. The van der Waals surface area contributed by atoms with E-state index in [1.54, 1.807) is 7.11 Å². The van der Waals surface area contributed by atoms with Crippen LogP contribution in [0.1, 0.15) is 22.3 Å². The number of hydrogen-bond donors (Lipinski definition) is 1. The molecule has 0 heterocycles. The molecule has 1 amide bonds. The van der Waals surface area contributed by atoms with Crippen LogP contribution in [-0.4, -0.2) is 19.3 Å². The molecule has 0 atom stereocenters. The van der Waals surface area contributed by atoms with Gasteiger partial charge in [-0.3, -0.25) is 9.59 Å². The van der Waals surface area contributed by atoms with Crippen LogP contribution in [0, 0.1) is 20.8 Å². The zero-order valence-electron chi connectivity index (χ0n) is 10.9. The van der Waals surface area contributed by atoms with Gasteiger partial charge >= 0.3 is 0 Å². The van der Waals surface area contributed by atoms with E-state index in [9.17, 15) is 9.59 Å². The van der Waals surface area contributed by atoms with Crippen molar-refractivity contribution in [2.24, 2.45) is 0 Å². The normalized spacial score (nSPS) is 10.1. The van der Waals surface area contributed by atoms with Crippen molar-refractivity contribution in [3.63, 3.8) is 0 Å². The predicted octanol–water partition coefficient (Wildman–Crippen LogP) is 2.20. The van der Waals surface area contributed by atoms with E-state index < -0.39 is 5.91 Å². The molecule has 1 rings (SSSR count). The Morgan fingerprint density at radius 1 is 1.28 bits per heavy atom. The number of aldehydes is 1. The topological polar surface area (TPSA) is 55.4 Å². The number of ether oxygens (including phenoxy) is 1. The number of benzene rings is 1. The Labute approximate surface area is 115 Å². The third-order valence-corrected chi connectivity index (χ3v) is 4.23. The number of hydrogen-bond acceptors (Lipinski definition) is 3. The molecule has 0 spiro atoms. The van der Waals surface area contributed by atoms with Gasteiger partial charge in [-0.05, 0) is 37.5 Å². The first-order valence-electron chi connectivity index (χ1n) is 5.49. The number of amides is 1. The summed E-state index contributed by atoms with van der Waals surface area (Å²) in [5.41, 5.74) is 4.00. The molecule has 0 radical (unpaired) electrons. The molecule has 0 fully saturated rings. The summed E-state index contributed by atoms with van der Waals surface area (Å²) in [6.07, 6.45) is 0.262. The number of halogens is 1. The molecule has 0 bridgehead atoms. The maximum atomic E-state index is 11.0. The second kappa shape index (κ2) is 6.00. The van der Waals surface area contributed by atoms with Crippen molar-refractivity contribution in [2.45, 2.75) is 27.3 Å². The maximum absolute atomic E-state index is 11.0. The highest BCUT2D eigenvalue weighted by atomic mass is 79.9. The Morgan fingerprint density at radius 2 is 1.89 bits per heavy atom. The van der Waals surface area contributed by atoms with Crippen molar-refractivity contribution >= 4 is 28.1 Å². The fourth-order valence-electron chi connectivity index (χ4n) is 1.85. The fourth-order valence-corrected chi connectivity index (χ4v) is 2.39. The largest absolute Gasteiger partial charge is 0.496 e. The van der Waals surface area contributed by atoms with Crippen LogP contribution in [-0.2, 0) is 16.1 Å². The molecule has 0 aliphatic rings. The minimum atomic E-state index is -0.634. The van der Waals surface area contributed by atoms with Crippen molar-refractivity contribution in [1.82, 2.24) is 5.32 Å². The first-order valence-corrected chi connectivity index (χ1v) is 6.28. The highest BCUT2D eigenvalue weighted by Gasteiger charge is 2.16. The lowest BCUT2D eigenvalue weighted by Crippen LogP contribution is -2.24. The van der Waals surface area contributed by atoms with E-state index in [1.807, 2.05) is 20.8 Å². The molecule has 0 aliphatic carbocycles. The van der Waals surface area contributed by atoms with Crippen molar-refractivity contribution in [2.75, 3.05) is 7.11 Å². The van der Waals surface area contributed by atoms with Crippen LogP contribution in [0.15, 0.2) is 4.47 Å². The van der Waals surface area contributed by atoms with Gasteiger partial charge in [0, 0.05) is 16.6 Å². The zero-order valence-corrected chi connectivity index (χ0v) is 12.5. The van der Waals surface area contributed by atoms with E-state index in [0.29, 0.717) is 0 Å². The van der Waals surface area contributed by atoms with Gasteiger partial charge in [-0.2, -0.15) is 0 Å². The quantitative estimate of drug-likeness (QED) is 0.685. The van der Waals surface area contributed by atoms with Gasteiger partial charge in [0.05, 0.1) is 7.11 Å². The summed E-state index contributed by atoms with van der Waals surface area (Å²) in [6.45, 7) is 6.18. The van der Waals surface area contributed by atoms with Crippen molar-refractivity contribution in [3.8, 4) is 5.75 Å². The number of rotatable bonds is 4. The average molecular weight is 314 g/mol. The molecule has 1 N–H and O–H groups in total. The second-order valence-electron chi connectivity index (χ2n) is 4.04. The number of methoxy groups -OCH3 is 1. The third-order valence-electron chi connectivity index (χ3n) is 3.04. The van der Waals surface area contributed by atoms with Gasteiger partial charge < -0.3 is 10.1 Å². The SMILES string of the molecule is COc1c(C)c(C)c(Br)c(C)c1CNC(=O)C=O. The van der Waals surface area contributed by atoms with Gasteiger partial charge in [-0.25, -0.2) is 0 Å². The van der Waals surface area contributed by atoms with Gasteiger partial charge in [0.2, 0.25) is 6.29 Å². The molecular formula is C13H16BrNO3. The summed E-state index contributed by atoms with van der Waals surface area (Å²) >= 11 is 3.53. The van der Waals surface area contributed by atoms with E-state index in [0.717, 1.165) is 32.5 Å². The van der Waals surface area contributed by atoms with E-state index >= 15 is 0 Å². The molecule has 1 aromatic carbocycles. The Kier molecular flexibility index (Phi) is 4.90. The minimum Gasteiger partial charge on any atom is -0.496 e. The van der Waals surface area contributed by atoms with Crippen LogP contribution < -0.4 is 10.1 Å². The molecular weight excluding hydrogens is 298 g/mol. The second-order valence-corrected chi connectivity index (χ2v) is 4.83. The summed E-state index contributed by atoms with van der Waals surface area (Å²) in [4.78, 5) is 21.3. The summed E-state index contributed by atoms with van der Waals surface area (Å²) < 4.78 is 6.39. The number of nitrogens with one attached hydrogen (secondary N) is 1. The van der Waals surface area contributed by atoms with Gasteiger partial charge in [-0.15, -0.1) is 0 Å². The van der Waals surface area contributed by atoms with Crippen molar-refractivity contribution in [3.05, 3.63) is 26.7 Å². The summed E-state index contributed by atoms with van der Waals surface area (Å²) in [5.74, 6) is 0.116. The molecule has 5 heteroatoms. The van der Waals surface area contributed by atoms with Crippen LogP contribution in [0.3, 0.4) is 0 Å². The standard InChI is InChI=1S/C13H16BrNO3/c1-7-8(2)13(18-4)10(9(3)12(7)14)5-15-11(17)6-16/h6H,5H2,1-4H3,(H,15,17). The minimum absolute atomic E-state index is 0.262. The third kappa shape index (κ3) is 2.72. The first kappa shape index (κ1) is 14.7. The van der Waals surface area contributed by atoms with E-state index in [2.05, 4.69) is 21.2 Å². The predicted molar refractivity (Wildman–Crippen MR) is 72.8 cm³/mol. The van der Waals surface area contributed by atoms with Gasteiger partial charge in [0.1, 0.15) is 5.75 Å². The maximum Gasteiger partial charge on any atom is 0.284 e. The monoisotopic (exact) mass is 313 g/mol. The van der Waals surface area contributed by atoms with Crippen molar-refractivity contribution in [1.29, 1.82) is 0 Å². The van der Waals surface area contributed by atoms with Gasteiger partial charge in [0.25, 0.3) is 5.91 Å². The Hall–Kier alpha value is -1.36. The molecule has 98 valence electrons. The van der Waals surface area contributed by atoms with Crippen molar-refractivity contribution < 1.29 is 14.3 Å². The van der Waals surface area contributed by atoms with Gasteiger partial charge in [-0.1, -0.05) is 15.9 Å². The highest BCUT2D eigenvalue weighted by Crippen LogP contribution is 2.35. The molecule has 1 aromatic rings. The molecule has 18 heavy (non-hydrogen) atoms. The molecule has 0 saturated heterocycles. The van der Waals surface area contributed by atoms with Crippen LogP contribution in [0.5, 0.6) is 5.75 Å². The first-order chi connectivity index (χ1) is 8.43. The Morgan fingerprint density at radius 3 is 2.39 bits per heavy atom. The molecule has 0 saturated carbocycles. The summed E-state index contributed by atoms with van der Waals surface area (Å²) in [5, 5.41) is 2.53. The van der Waals surface area contributed by atoms with Gasteiger partial charge in [0.15, 0.2) is 0 Å². The van der Waals surface area contributed by atoms with E-state index in [-0.39, 0.29) is 12.8 Å². The van der Waals surface area contributed by atoms with Crippen LogP contribution >= 0.6 is 15.9 Å². The fraction of sp³-hybridized carbons (Fsp3) is 0.385. The molecule has 0 aromatic heterocycles. The highest BCUT2D eigenvalue weighted by molar-refractivity contribution is 9.10. The van der Waals surface area contributed by atoms with E-state index in [4.69, 9.17) is 4.74 Å². The number of carbonyl (C=O) groups is 2. The zero-order chi connectivity index (χ0) is 13.9. The van der Waals surface area contributed by atoms with Crippen LogP contribution in [0.4, 0.5) is 0 Å². The number of carbonyl (C=O) groups excluding carboxylic acids is 2. The van der Waals surface area contributed by atoms with Crippen LogP contribution in [0.25, 0.3) is 0 Å². The Balaban J connectivity index is 3.24. The van der Waals surface area contributed by atoms with E-state index in [1.165, 1.54) is 0 Å². The lowest BCUT2D eigenvalue weighted by Gasteiger charge is -2.18. The summed E-state index contributed by atoms with van der Waals surface area (Å²) in [7, 11) is 1.60. The lowest BCUT2D eigenvalue weighted by atomic mass is 9.99. The smallest absolute Gasteiger partial charge is 0.284 e. The molecule has 0 aliphatic heterocycles. The van der Waals surface area contributed by atoms with Crippen LogP contribution in [0.2, 0.25) is 0 Å². The lowest BCUT2D eigenvalue weighted by molar-refractivity contribution is -0.131.